The third kappa shape index (κ3) is 4.20. The molecule has 1 aromatic carbocycles. The molecule has 1 rings (SSSR count). The van der Waals surface area contributed by atoms with Crippen LogP contribution in [0, 0.1) is 11.7 Å². The van der Waals surface area contributed by atoms with Crippen molar-refractivity contribution in [1.82, 2.24) is 5.32 Å². The number of alkyl halides is 3. The lowest BCUT2D eigenvalue weighted by Gasteiger charge is -2.12. The first-order chi connectivity index (χ1) is 8.75. The molecule has 19 heavy (non-hydrogen) atoms. The van der Waals surface area contributed by atoms with Gasteiger partial charge in [0.15, 0.2) is 0 Å². The summed E-state index contributed by atoms with van der Waals surface area (Å²) in [6.07, 6.45) is -4.62. The van der Waals surface area contributed by atoms with Crippen LogP contribution in [0.1, 0.15) is 22.8 Å². The van der Waals surface area contributed by atoms with Crippen molar-refractivity contribution in [2.75, 3.05) is 13.1 Å². The first-order valence-corrected chi connectivity index (χ1v) is 5.60. The second-order valence-corrected chi connectivity index (χ2v) is 4.24. The summed E-state index contributed by atoms with van der Waals surface area (Å²) in [4.78, 5) is 11.6. The molecule has 0 spiro atoms. The monoisotopic (exact) mass is 278 g/mol. The molecule has 0 aliphatic rings. The van der Waals surface area contributed by atoms with Gasteiger partial charge in [-0.2, -0.15) is 13.2 Å². The van der Waals surface area contributed by atoms with Crippen LogP contribution < -0.4 is 11.1 Å². The molecule has 7 heteroatoms. The Morgan fingerprint density at radius 1 is 1.42 bits per heavy atom. The molecule has 0 aliphatic carbocycles. The zero-order valence-electron chi connectivity index (χ0n) is 10.2. The topological polar surface area (TPSA) is 55.1 Å². The minimum absolute atomic E-state index is 0.0437. The lowest BCUT2D eigenvalue weighted by atomic mass is 10.1. The first-order valence-electron chi connectivity index (χ1n) is 5.60. The van der Waals surface area contributed by atoms with Gasteiger partial charge in [-0.05, 0) is 30.7 Å². The molecule has 0 aromatic heterocycles. The lowest BCUT2D eigenvalue weighted by Crippen LogP contribution is -2.32. The Bertz CT molecular complexity index is 460. The van der Waals surface area contributed by atoms with Crippen LogP contribution in [0.15, 0.2) is 18.2 Å². The number of halogens is 4. The van der Waals surface area contributed by atoms with Crippen LogP contribution in [-0.2, 0) is 6.18 Å². The molecule has 3 N–H and O–H groups in total. The summed E-state index contributed by atoms with van der Waals surface area (Å²) >= 11 is 0. The molecule has 3 nitrogen and oxygen atoms in total. The predicted molar refractivity (Wildman–Crippen MR) is 62.0 cm³/mol. The van der Waals surface area contributed by atoms with E-state index in [0.717, 1.165) is 0 Å². The Labute approximate surface area is 107 Å². The third-order valence-electron chi connectivity index (χ3n) is 2.55. The highest BCUT2D eigenvalue weighted by Crippen LogP contribution is 2.30. The van der Waals surface area contributed by atoms with Crippen molar-refractivity contribution < 1.29 is 22.4 Å². The standard InChI is InChI=1S/C12H14F4N2O/c1-7(5-17)6-18-11(19)9-4-8(12(14,15)16)2-3-10(9)13/h2-4,7H,5-6,17H2,1H3,(H,18,19). The lowest BCUT2D eigenvalue weighted by molar-refractivity contribution is -0.137. The average Bonchev–Trinajstić information content (AvgIpc) is 2.34. The number of nitrogens with one attached hydrogen (secondary N) is 1. The van der Waals surface area contributed by atoms with E-state index in [1.165, 1.54) is 0 Å². The summed E-state index contributed by atoms with van der Waals surface area (Å²) < 4.78 is 50.7. The maximum atomic E-state index is 13.4. The summed E-state index contributed by atoms with van der Waals surface area (Å²) in [6, 6.07) is 1.72. The van der Waals surface area contributed by atoms with Crippen molar-refractivity contribution in [3.8, 4) is 0 Å². The van der Waals surface area contributed by atoms with E-state index in [1.807, 2.05) is 0 Å². The van der Waals surface area contributed by atoms with Gasteiger partial charge in [-0.3, -0.25) is 4.79 Å². The van der Waals surface area contributed by atoms with E-state index in [0.29, 0.717) is 24.7 Å². The second-order valence-electron chi connectivity index (χ2n) is 4.24. The quantitative estimate of drug-likeness (QED) is 0.829. The molecular weight excluding hydrogens is 264 g/mol. The van der Waals surface area contributed by atoms with E-state index in [1.54, 1.807) is 6.92 Å². The Morgan fingerprint density at radius 3 is 2.58 bits per heavy atom. The van der Waals surface area contributed by atoms with Gasteiger partial charge in [-0.1, -0.05) is 6.92 Å². The molecule has 0 fully saturated rings. The van der Waals surface area contributed by atoms with Crippen molar-refractivity contribution in [2.45, 2.75) is 13.1 Å². The van der Waals surface area contributed by atoms with Gasteiger partial charge in [-0.25, -0.2) is 4.39 Å². The van der Waals surface area contributed by atoms with E-state index < -0.39 is 29.0 Å². The second kappa shape index (κ2) is 6.01. The highest BCUT2D eigenvalue weighted by Gasteiger charge is 2.31. The highest BCUT2D eigenvalue weighted by molar-refractivity contribution is 5.94. The normalized spacial score (nSPS) is 13.2. The summed E-state index contributed by atoms with van der Waals surface area (Å²) in [7, 11) is 0. The van der Waals surface area contributed by atoms with Gasteiger partial charge >= 0.3 is 6.18 Å². The minimum Gasteiger partial charge on any atom is -0.352 e. The molecule has 0 radical (unpaired) electrons. The van der Waals surface area contributed by atoms with Crippen LogP contribution in [0.3, 0.4) is 0 Å². The van der Waals surface area contributed by atoms with Crippen molar-refractivity contribution in [3.05, 3.63) is 35.1 Å². The summed E-state index contributed by atoms with van der Waals surface area (Å²) in [5, 5.41) is 2.34. The summed E-state index contributed by atoms with van der Waals surface area (Å²) in [5.74, 6) is -1.92. The van der Waals surface area contributed by atoms with Crippen LogP contribution in [0.5, 0.6) is 0 Å². The molecule has 0 heterocycles. The largest absolute Gasteiger partial charge is 0.416 e. The van der Waals surface area contributed by atoms with Crippen molar-refractivity contribution in [1.29, 1.82) is 0 Å². The van der Waals surface area contributed by atoms with Crippen molar-refractivity contribution >= 4 is 5.91 Å². The number of carbonyl (C=O) groups excluding carboxylic acids is 1. The number of rotatable bonds is 4. The molecule has 0 bridgehead atoms. The molecule has 0 aliphatic heterocycles. The van der Waals surface area contributed by atoms with Gasteiger partial charge in [0.2, 0.25) is 0 Å². The molecule has 0 saturated heterocycles. The molecule has 1 aromatic rings. The fraction of sp³-hybridized carbons (Fsp3) is 0.417. The smallest absolute Gasteiger partial charge is 0.352 e. The van der Waals surface area contributed by atoms with Crippen LogP contribution in [0.2, 0.25) is 0 Å². The number of benzene rings is 1. The fourth-order valence-electron chi connectivity index (χ4n) is 1.32. The van der Waals surface area contributed by atoms with Crippen LogP contribution in [0.4, 0.5) is 17.6 Å². The SMILES string of the molecule is CC(CN)CNC(=O)c1cc(C(F)(F)F)ccc1F. The molecule has 1 amide bonds. The number of carbonyl (C=O) groups is 1. The van der Waals surface area contributed by atoms with E-state index in [2.05, 4.69) is 5.32 Å². The van der Waals surface area contributed by atoms with Crippen molar-refractivity contribution in [3.63, 3.8) is 0 Å². The Balaban J connectivity index is 2.90. The zero-order chi connectivity index (χ0) is 14.6. The van der Waals surface area contributed by atoms with Gasteiger partial charge < -0.3 is 11.1 Å². The van der Waals surface area contributed by atoms with E-state index in [9.17, 15) is 22.4 Å². The Kier molecular flexibility index (Phi) is 4.88. The molecule has 1 unspecified atom stereocenters. The maximum absolute atomic E-state index is 13.4. The number of amides is 1. The van der Waals surface area contributed by atoms with E-state index in [4.69, 9.17) is 5.73 Å². The molecule has 0 saturated carbocycles. The van der Waals surface area contributed by atoms with Gasteiger partial charge in [0.25, 0.3) is 5.91 Å². The average molecular weight is 278 g/mol. The van der Waals surface area contributed by atoms with Gasteiger partial charge in [0, 0.05) is 6.54 Å². The Hall–Kier alpha value is -1.63. The predicted octanol–water partition coefficient (Wildman–Crippen LogP) is 2.17. The number of nitrogens with two attached hydrogens (primary N) is 1. The van der Waals surface area contributed by atoms with Crippen LogP contribution >= 0.6 is 0 Å². The Morgan fingerprint density at radius 2 is 2.05 bits per heavy atom. The van der Waals surface area contributed by atoms with Gasteiger partial charge in [0.1, 0.15) is 5.82 Å². The molecule has 1 atom stereocenters. The number of hydrogen-bond donors (Lipinski definition) is 2. The summed E-state index contributed by atoms with van der Waals surface area (Å²) in [5.41, 5.74) is 3.64. The van der Waals surface area contributed by atoms with Gasteiger partial charge in [0.05, 0.1) is 11.1 Å². The van der Waals surface area contributed by atoms with E-state index in [-0.39, 0.29) is 12.5 Å². The van der Waals surface area contributed by atoms with Gasteiger partial charge in [-0.15, -0.1) is 0 Å². The van der Waals surface area contributed by atoms with Crippen LogP contribution in [-0.4, -0.2) is 19.0 Å². The third-order valence-corrected chi connectivity index (χ3v) is 2.55. The fourth-order valence-corrected chi connectivity index (χ4v) is 1.32. The highest BCUT2D eigenvalue weighted by atomic mass is 19.4. The number of hydrogen-bond acceptors (Lipinski definition) is 2. The molecule has 106 valence electrons. The molecular formula is C12H14F4N2O. The summed E-state index contributed by atoms with van der Waals surface area (Å²) in [6.45, 7) is 2.24. The van der Waals surface area contributed by atoms with Crippen LogP contribution in [0.25, 0.3) is 0 Å². The minimum atomic E-state index is -4.62. The zero-order valence-corrected chi connectivity index (χ0v) is 10.2. The van der Waals surface area contributed by atoms with Crippen molar-refractivity contribution in [2.24, 2.45) is 11.7 Å². The maximum Gasteiger partial charge on any atom is 0.416 e. The van der Waals surface area contributed by atoms with E-state index >= 15 is 0 Å². The first kappa shape index (κ1) is 15.4.